The Morgan fingerprint density at radius 3 is 2.05 bits per heavy atom. The van der Waals surface area contributed by atoms with Crippen LogP contribution in [0.25, 0.3) is 0 Å². The number of aliphatic carboxylic acids is 1. The van der Waals surface area contributed by atoms with E-state index in [9.17, 15) is 41.5 Å². The van der Waals surface area contributed by atoms with Gasteiger partial charge in [-0.15, -0.1) is 0 Å². The Bertz CT molecular complexity index is 1300. The molecule has 0 saturated carbocycles. The first-order chi connectivity index (χ1) is 18.5. The van der Waals surface area contributed by atoms with Gasteiger partial charge >= 0.3 is 17.8 Å². The molecule has 40 heavy (non-hydrogen) atoms. The van der Waals surface area contributed by atoms with Crippen LogP contribution < -0.4 is 20.7 Å². The van der Waals surface area contributed by atoms with Gasteiger partial charge in [-0.1, -0.05) is 39.0 Å². The summed E-state index contributed by atoms with van der Waals surface area (Å²) in [4.78, 5) is 61.0. The first kappa shape index (κ1) is 31.7. The summed E-state index contributed by atoms with van der Waals surface area (Å²) in [5.41, 5.74) is 0.730. The van der Waals surface area contributed by atoms with Gasteiger partial charge in [0, 0.05) is 11.8 Å². The second kappa shape index (κ2) is 13.0. The van der Waals surface area contributed by atoms with Gasteiger partial charge in [-0.25, -0.2) is 8.78 Å². The summed E-state index contributed by atoms with van der Waals surface area (Å²) in [7, 11) is 0. The average Bonchev–Trinajstić information content (AvgIpc) is 2.86. The smallest absolute Gasteiger partial charge is 0.313 e. The van der Waals surface area contributed by atoms with E-state index >= 15 is 0 Å². The molecule has 0 aliphatic heterocycles. The third kappa shape index (κ3) is 8.25. The quantitative estimate of drug-likeness (QED) is 0.195. The monoisotopic (exact) mass is 569 g/mol. The number of carboxylic acid groups (broad SMARTS) is 1. The van der Waals surface area contributed by atoms with Crippen molar-refractivity contribution in [2.75, 3.05) is 11.9 Å². The fourth-order valence-electron chi connectivity index (χ4n) is 3.39. The predicted molar refractivity (Wildman–Crippen MR) is 132 cm³/mol. The molecule has 14 heteroatoms. The van der Waals surface area contributed by atoms with Crippen LogP contribution in [0.3, 0.4) is 0 Å². The van der Waals surface area contributed by atoms with Crippen LogP contribution in [-0.2, 0) is 29.4 Å². The molecule has 2 aromatic carbocycles. The fourth-order valence-corrected chi connectivity index (χ4v) is 3.39. The second-order valence-corrected chi connectivity index (χ2v) is 9.66. The van der Waals surface area contributed by atoms with Crippen LogP contribution in [-0.4, -0.2) is 53.3 Å². The van der Waals surface area contributed by atoms with Crippen molar-refractivity contribution in [2.24, 2.45) is 0 Å². The van der Waals surface area contributed by atoms with E-state index in [1.54, 1.807) is 24.3 Å². The fraction of sp³-hybridized carbons (Fsp3) is 0.346. The van der Waals surface area contributed by atoms with E-state index in [1.165, 1.54) is 0 Å². The number of hydrogen-bond donors (Lipinski definition) is 4. The molecule has 2 rings (SSSR count). The summed E-state index contributed by atoms with van der Waals surface area (Å²) in [5, 5.41) is 15.7. The molecule has 0 saturated heterocycles. The minimum absolute atomic E-state index is 0.0773. The normalized spacial score (nSPS) is 12.6. The molecule has 216 valence electrons. The summed E-state index contributed by atoms with van der Waals surface area (Å²) in [5.74, 6) is -15.2. The van der Waals surface area contributed by atoms with Crippen LogP contribution in [0, 0.1) is 23.3 Å². The number of ketones is 1. The molecular formula is C26H27F4N3O7. The van der Waals surface area contributed by atoms with Gasteiger partial charge in [-0.3, -0.25) is 24.0 Å². The first-order valence-electron chi connectivity index (χ1n) is 11.7. The molecule has 0 aromatic heterocycles. The number of nitrogens with one attached hydrogen (secondary N) is 3. The van der Waals surface area contributed by atoms with Gasteiger partial charge in [0.2, 0.25) is 17.5 Å². The van der Waals surface area contributed by atoms with Gasteiger partial charge in [0.15, 0.2) is 23.2 Å². The van der Waals surface area contributed by atoms with E-state index < -0.39 is 83.6 Å². The predicted octanol–water partition coefficient (Wildman–Crippen LogP) is 2.59. The van der Waals surface area contributed by atoms with Crippen molar-refractivity contribution >= 4 is 35.2 Å². The first-order valence-corrected chi connectivity index (χ1v) is 11.7. The van der Waals surface area contributed by atoms with E-state index in [0.29, 0.717) is 5.69 Å². The summed E-state index contributed by atoms with van der Waals surface area (Å²) >= 11 is 0. The maximum absolute atomic E-state index is 13.8. The third-order valence-electron chi connectivity index (χ3n) is 5.44. The van der Waals surface area contributed by atoms with Gasteiger partial charge in [0.1, 0.15) is 18.7 Å². The molecule has 4 N–H and O–H groups in total. The Labute approximate surface area is 226 Å². The number of amides is 3. The van der Waals surface area contributed by atoms with Crippen LogP contribution in [0.1, 0.15) is 39.7 Å². The lowest BCUT2D eigenvalue weighted by Crippen LogP contribution is -2.53. The zero-order chi connectivity index (χ0) is 30.4. The summed E-state index contributed by atoms with van der Waals surface area (Å²) in [6.07, 6.45) is -1.01. The molecular weight excluding hydrogens is 542 g/mol. The maximum atomic E-state index is 13.8. The van der Waals surface area contributed by atoms with Crippen molar-refractivity contribution in [1.29, 1.82) is 0 Å². The van der Waals surface area contributed by atoms with Crippen LogP contribution in [0.5, 0.6) is 5.75 Å². The van der Waals surface area contributed by atoms with Crippen LogP contribution in [0.4, 0.5) is 23.2 Å². The van der Waals surface area contributed by atoms with Crippen LogP contribution in [0.2, 0.25) is 0 Å². The Hall–Kier alpha value is -4.49. The number of carboxylic acids is 1. The zero-order valence-corrected chi connectivity index (χ0v) is 21.9. The van der Waals surface area contributed by atoms with Gasteiger partial charge in [0.25, 0.3) is 0 Å². The number of para-hydroxylation sites is 1. The lowest BCUT2D eigenvalue weighted by atomic mass is 9.86. The van der Waals surface area contributed by atoms with Crippen molar-refractivity contribution < 1.29 is 51.4 Å². The molecule has 2 atom stereocenters. The number of benzene rings is 2. The number of hydrogen-bond acceptors (Lipinski definition) is 6. The molecule has 0 aliphatic carbocycles. The van der Waals surface area contributed by atoms with E-state index in [1.807, 2.05) is 26.1 Å². The van der Waals surface area contributed by atoms with Crippen molar-refractivity contribution in [3.05, 3.63) is 59.2 Å². The largest absolute Gasteiger partial charge is 0.481 e. The van der Waals surface area contributed by atoms with Crippen molar-refractivity contribution in [3.8, 4) is 5.75 Å². The Morgan fingerprint density at radius 2 is 1.50 bits per heavy atom. The maximum Gasteiger partial charge on any atom is 0.313 e. The minimum atomic E-state index is -1.93. The summed E-state index contributed by atoms with van der Waals surface area (Å²) in [6, 6.07) is 3.39. The van der Waals surface area contributed by atoms with E-state index in [4.69, 9.17) is 5.11 Å². The minimum Gasteiger partial charge on any atom is -0.481 e. The molecule has 0 bridgehead atoms. The summed E-state index contributed by atoms with van der Waals surface area (Å²) < 4.78 is 58.8. The Balaban J connectivity index is 2.06. The second-order valence-electron chi connectivity index (χ2n) is 9.66. The van der Waals surface area contributed by atoms with E-state index in [-0.39, 0.29) is 11.5 Å². The van der Waals surface area contributed by atoms with Crippen molar-refractivity contribution in [2.45, 2.75) is 51.6 Å². The molecule has 0 heterocycles. The number of anilines is 1. The molecule has 3 amide bonds. The lowest BCUT2D eigenvalue weighted by molar-refractivity contribution is -0.141. The molecule has 10 nitrogen and oxygen atoms in total. The Morgan fingerprint density at radius 1 is 0.925 bits per heavy atom. The van der Waals surface area contributed by atoms with E-state index in [0.717, 1.165) is 12.5 Å². The number of carbonyl (C=O) groups is 5. The van der Waals surface area contributed by atoms with Crippen LogP contribution in [0.15, 0.2) is 30.3 Å². The number of carbonyl (C=O) groups excluding carboxylic acids is 4. The Kier molecular flexibility index (Phi) is 10.3. The molecule has 0 spiro atoms. The number of halogens is 4. The third-order valence-corrected chi connectivity index (χ3v) is 5.44. The van der Waals surface area contributed by atoms with Crippen molar-refractivity contribution in [3.63, 3.8) is 0 Å². The molecule has 0 aliphatic rings. The topological polar surface area (TPSA) is 151 Å². The van der Waals surface area contributed by atoms with E-state index in [2.05, 4.69) is 15.4 Å². The SMILES string of the molecule is C[C@H](NC(=O)C(=O)Nc1ccccc1C(C)(C)C)C(=O)NC(CC(=O)O)C(=O)COc1c(F)c(F)cc(F)c1F. The number of Topliss-reactive ketones (excluding diaryl/α,β-unsaturated/α-hetero) is 1. The highest BCUT2D eigenvalue weighted by atomic mass is 19.2. The molecule has 2 aromatic rings. The van der Waals surface area contributed by atoms with Gasteiger partial charge in [-0.2, -0.15) is 8.78 Å². The lowest BCUT2D eigenvalue weighted by Gasteiger charge is -2.23. The van der Waals surface area contributed by atoms with Gasteiger partial charge < -0.3 is 25.8 Å². The highest BCUT2D eigenvalue weighted by molar-refractivity contribution is 6.40. The molecule has 1 unspecified atom stereocenters. The van der Waals surface area contributed by atoms with Gasteiger partial charge in [-0.05, 0) is 24.0 Å². The number of rotatable bonds is 10. The molecule has 0 radical (unpaired) electrons. The molecule has 0 fully saturated rings. The summed E-state index contributed by atoms with van der Waals surface area (Å²) in [6.45, 7) is 5.56. The zero-order valence-electron chi connectivity index (χ0n) is 21.9. The van der Waals surface area contributed by atoms with Crippen molar-refractivity contribution in [1.82, 2.24) is 10.6 Å². The highest BCUT2D eigenvalue weighted by Crippen LogP contribution is 2.29. The standard InChI is InChI=1S/C26H27F4N3O7/c1-12(31-24(38)25(39)32-16-8-6-5-7-13(16)26(2,3)4)23(37)33-17(10-19(35)36)18(34)11-40-22-20(29)14(27)9-15(28)21(22)30/h5-9,12,17H,10-11H2,1-4H3,(H,31,38)(H,32,39)(H,33,37)(H,35,36)/t12-,17?/m0/s1. The average molecular weight is 570 g/mol. The van der Waals surface area contributed by atoms with Gasteiger partial charge in [0.05, 0.1) is 6.42 Å². The van der Waals surface area contributed by atoms with Crippen LogP contribution >= 0.6 is 0 Å². The number of ether oxygens (including phenoxy) is 1. The highest BCUT2D eigenvalue weighted by Gasteiger charge is 2.29.